The fraction of sp³-hybridized carbons (Fsp3) is 0.296. The molecule has 11 nitrogen and oxygen atoms in total. The molecule has 5 rings (SSSR count). The molecule has 196 valence electrons. The van der Waals surface area contributed by atoms with Gasteiger partial charge in [-0.05, 0) is 57.7 Å². The van der Waals surface area contributed by atoms with Crippen LogP contribution in [-0.4, -0.2) is 69.1 Å². The van der Waals surface area contributed by atoms with Gasteiger partial charge in [0.05, 0.1) is 29.0 Å². The minimum absolute atomic E-state index is 0.0468. The highest BCUT2D eigenvalue weighted by atomic mass is 16.2. The van der Waals surface area contributed by atoms with Gasteiger partial charge in [0.2, 0.25) is 5.91 Å². The van der Waals surface area contributed by atoms with Gasteiger partial charge in [-0.2, -0.15) is 10.2 Å². The predicted octanol–water partition coefficient (Wildman–Crippen LogP) is 3.39. The lowest BCUT2D eigenvalue weighted by Gasteiger charge is -2.16. The van der Waals surface area contributed by atoms with Crippen LogP contribution in [0.4, 0.5) is 16.3 Å². The Labute approximate surface area is 220 Å². The van der Waals surface area contributed by atoms with Crippen LogP contribution in [0.15, 0.2) is 54.9 Å². The maximum atomic E-state index is 12.5. The average Bonchev–Trinajstić information content (AvgIpc) is 3.50. The number of carbonyl (C=O) groups excluding carboxylic acids is 2. The first-order valence-electron chi connectivity index (χ1n) is 12.6. The van der Waals surface area contributed by atoms with Crippen LogP contribution in [-0.2, 0) is 17.8 Å². The summed E-state index contributed by atoms with van der Waals surface area (Å²) in [4.78, 5) is 30.5. The lowest BCUT2D eigenvalue weighted by Crippen LogP contribution is -2.24. The Balaban J connectivity index is 1.49. The summed E-state index contributed by atoms with van der Waals surface area (Å²) in [6, 6.07) is 13.1. The fourth-order valence-corrected chi connectivity index (χ4v) is 4.57. The van der Waals surface area contributed by atoms with Crippen molar-refractivity contribution in [3.8, 4) is 28.3 Å². The molecule has 0 radical (unpaired) electrons. The number of pyridine rings is 1. The monoisotopic (exact) mass is 513 g/mol. The van der Waals surface area contributed by atoms with Crippen molar-refractivity contribution in [2.75, 3.05) is 38.3 Å². The number of urea groups is 1. The smallest absolute Gasteiger partial charge is 0.318 e. The highest BCUT2D eigenvalue weighted by Crippen LogP contribution is 2.38. The fourth-order valence-electron chi connectivity index (χ4n) is 4.57. The number of nitrogens with zero attached hydrogens (tertiary/aromatic N) is 6. The van der Waals surface area contributed by atoms with Crippen molar-refractivity contribution in [2.24, 2.45) is 0 Å². The zero-order chi connectivity index (χ0) is 26.6. The van der Waals surface area contributed by atoms with Gasteiger partial charge in [0.15, 0.2) is 5.82 Å². The molecule has 0 spiro atoms. The molecule has 0 atom stereocenters. The van der Waals surface area contributed by atoms with E-state index in [1.807, 2.05) is 65.9 Å². The van der Waals surface area contributed by atoms with Gasteiger partial charge in [0.1, 0.15) is 0 Å². The van der Waals surface area contributed by atoms with Gasteiger partial charge in [0.25, 0.3) is 0 Å². The molecule has 0 aliphatic carbocycles. The van der Waals surface area contributed by atoms with Crippen LogP contribution in [0.5, 0.6) is 0 Å². The summed E-state index contributed by atoms with van der Waals surface area (Å²) in [5.74, 6) is 0.488. The summed E-state index contributed by atoms with van der Waals surface area (Å²) in [5, 5.41) is 18.0. The summed E-state index contributed by atoms with van der Waals surface area (Å²) in [6.45, 7) is 1.52. The van der Waals surface area contributed by atoms with Gasteiger partial charge < -0.3 is 20.9 Å². The Bertz CT molecular complexity index is 1440. The summed E-state index contributed by atoms with van der Waals surface area (Å²) >= 11 is 0. The minimum atomic E-state index is -0.273. The zero-order valence-corrected chi connectivity index (χ0v) is 21.7. The number of benzene rings is 1. The van der Waals surface area contributed by atoms with E-state index < -0.39 is 0 Å². The molecule has 0 bridgehead atoms. The van der Waals surface area contributed by atoms with Crippen molar-refractivity contribution < 1.29 is 9.59 Å². The van der Waals surface area contributed by atoms with Crippen molar-refractivity contribution in [1.29, 1.82) is 0 Å². The summed E-state index contributed by atoms with van der Waals surface area (Å²) in [5.41, 5.74) is 6.22. The van der Waals surface area contributed by atoms with Crippen molar-refractivity contribution in [2.45, 2.75) is 25.8 Å². The largest absolute Gasteiger partial charge is 0.341 e. The molecular weight excluding hydrogens is 482 g/mol. The number of anilines is 2. The second-order valence-corrected chi connectivity index (χ2v) is 9.42. The summed E-state index contributed by atoms with van der Waals surface area (Å²) in [7, 11) is 5.57. The molecule has 3 amide bonds. The lowest BCUT2D eigenvalue weighted by atomic mass is 9.99. The third kappa shape index (κ3) is 5.28. The van der Waals surface area contributed by atoms with Gasteiger partial charge in [-0.25, -0.2) is 9.48 Å². The molecule has 1 aromatic carbocycles. The molecule has 0 saturated heterocycles. The van der Waals surface area contributed by atoms with E-state index >= 15 is 0 Å². The van der Waals surface area contributed by atoms with E-state index in [1.54, 1.807) is 19.4 Å². The Morgan fingerprint density at radius 2 is 1.89 bits per heavy atom. The molecule has 4 aromatic rings. The van der Waals surface area contributed by atoms with E-state index in [0.29, 0.717) is 24.5 Å². The molecule has 38 heavy (non-hydrogen) atoms. The molecule has 1 aliphatic rings. The van der Waals surface area contributed by atoms with Crippen LogP contribution in [0.3, 0.4) is 0 Å². The zero-order valence-electron chi connectivity index (χ0n) is 21.7. The summed E-state index contributed by atoms with van der Waals surface area (Å²) < 4.78 is 3.82. The maximum absolute atomic E-state index is 12.5. The lowest BCUT2D eigenvalue weighted by molar-refractivity contribution is -0.116. The molecule has 0 fully saturated rings. The van der Waals surface area contributed by atoms with E-state index in [2.05, 4.69) is 30.9 Å². The number of hydrogen-bond acceptors (Lipinski definition) is 6. The van der Waals surface area contributed by atoms with Gasteiger partial charge in [0, 0.05) is 49.1 Å². The number of carbonyl (C=O) groups is 2. The quantitative estimate of drug-likeness (QED) is 0.332. The first kappa shape index (κ1) is 25.2. The topological polar surface area (TPSA) is 122 Å². The number of aryl methyl sites for hydroxylation is 1. The van der Waals surface area contributed by atoms with Crippen molar-refractivity contribution in [1.82, 2.24) is 34.8 Å². The van der Waals surface area contributed by atoms with E-state index in [0.717, 1.165) is 53.3 Å². The molecule has 4 heterocycles. The first-order chi connectivity index (χ1) is 18.4. The van der Waals surface area contributed by atoms with Gasteiger partial charge in [-0.15, -0.1) is 0 Å². The highest BCUT2D eigenvalue weighted by molar-refractivity contribution is 5.91. The SMILES string of the molecule is CNC(=O)Nc1ccc(-c2nn(-c3cccnc3)c3c2CCn2nc(NC(=O)CCCN(C)C)cc2-3)cc1. The van der Waals surface area contributed by atoms with Crippen LogP contribution in [0, 0.1) is 0 Å². The third-order valence-corrected chi connectivity index (χ3v) is 6.39. The van der Waals surface area contributed by atoms with Crippen LogP contribution in [0.2, 0.25) is 0 Å². The molecule has 3 aromatic heterocycles. The van der Waals surface area contributed by atoms with Gasteiger partial charge in [-0.3, -0.25) is 14.5 Å². The van der Waals surface area contributed by atoms with E-state index in [1.165, 1.54) is 0 Å². The van der Waals surface area contributed by atoms with Crippen molar-refractivity contribution >= 4 is 23.4 Å². The molecule has 3 N–H and O–H groups in total. The number of amides is 3. The van der Waals surface area contributed by atoms with Crippen molar-refractivity contribution in [3.63, 3.8) is 0 Å². The normalized spacial score (nSPS) is 12.1. The van der Waals surface area contributed by atoms with Crippen molar-refractivity contribution in [3.05, 3.63) is 60.4 Å². The first-order valence-corrected chi connectivity index (χ1v) is 12.6. The molecule has 0 saturated carbocycles. The molecule has 11 heteroatoms. The van der Waals surface area contributed by atoms with Crippen LogP contribution in [0.1, 0.15) is 18.4 Å². The Hall–Kier alpha value is -4.51. The third-order valence-electron chi connectivity index (χ3n) is 6.39. The Kier molecular flexibility index (Phi) is 7.18. The second-order valence-electron chi connectivity index (χ2n) is 9.42. The molecular formula is C27H31N9O2. The Morgan fingerprint density at radius 1 is 1.08 bits per heavy atom. The number of rotatable bonds is 8. The highest BCUT2D eigenvalue weighted by Gasteiger charge is 2.28. The van der Waals surface area contributed by atoms with Crippen LogP contribution >= 0.6 is 0 Å². The number of fused-ring (bicyclic) bond motifs is 3. The average molecular weight is 514 g/mol. The predicted molar refractivity (Wildman–Crippen MR) is 146 cm³/mol. The van der Waals surface area contributed by atoms with Crippen LogP contribution in [0.25, 0.3) is 28.3 Å². The number of nitrogens with one attached hydrogen (secondary N) is 3. The molecule has 0 unspecified atom stereocenters. The Morgan fingerprint density at radius 3 is 2.61 bits per heavy atom. The van der Waals surface area contributed by atoms with Gasteiger partial charge in [-0.1, -0.05) is 12.1 Å². The summed E-state index contributed by atoms with van der Waals surface area (Å²) in [6.07, 6.45) is 5.45. The van der Waals surface area contributed by atoms with Crippen LogP contribution < -0.4 is 16.0 Å². The number of aromatic nitrogens is 5. The number of hydrogen-bond donors (Lipinski definition) is 3. The second kappa shape index (κ2) is 10.9. The van der Waals surface area contributed by atoms with E-state index in [9.17, 15) is 9.59 Å². The van der Waals surface area contributed by atoms with E-state index in [-0.39, 0.29) is 11.9 Å². The standard InChI is InChI=1S/C27H31N9O2/c1-28-27(38)30-19-10-8-18(9-11-19)25-21-12-15-35-22(26(21)36(33-25)20-6-4-13-29-17-20)16-23(32-35)31-24(37)7-5-14-34(2)3/h4,6,8-11,13,16-17H,5,7,12,14-15H2,1-3H3,(H2,28,30,38)(H,31,32,37). The van der Waals surface area contributed by atoms with Gasteiger partial charge >= 0.3 is 6.03 Å². The minimum Gasteiger partial charge on any atom is -0.341 e. The maximum Gasteiger partial charge on any atom is 0.318 e. The molecule has 1 aliphatic heterocycles. The van der Waals surface area contributed by atoms with E-state index in [4.69, 9.17) is 5.10 Å².